The molecule has 1 fully saturated rings. The highest BCUT2D eigenvalue weighted by Gasteiger charge is 2.28. The second-order valence-electron chi connectivity index (χ2n) is 9.43. The molecule has 3 aromatic carbocycles. The Bertz CT molecular complexity index is 1440. The van der Waals surface area contributed by atoms with E-state index in [1.54, 1.807) is 24.3 Å². The first-order valence-electron chi connectivity index (χ1n) is 13.4. The quantitative estimate of drug-likeness (QED) is 0.322. The van der Waals surface area contributed by atoms with E-state index in [-0.39, 0.29) is 10.6 Å². The van der Waals surface area contributed by atoms with Crippen molar-refractivity contribution in [3.63, 3.8) is 0 Å². The molecule has 0 saturated carbocycles. The van der Waals surface area contributed by atoms with Gasteiger partial charge in [-0.15, -0.1) is 0 Å². The molecular weight excluding hydrogens is 544 g/mol. The van der Waals surface area contributed by atoms with Crippen molar-refractivity contribution in [2.24, 2.45) is 5.10 Å². The lowest BCUT2D eigenvalue weighted by Gasteiger charge is -2.27. The number of hydrogen-bond acceptors (Lipinski definition) is 8. The molecule has 1 N–H and O–H groups in total. The van der Waals surface area contributed by atoms with Crippen LogP contribution in [0.5, 0.6) is 17.2 Å². The van der Waals surface area contributed by atoms with E-state index in [1.807, 2.05) is 25.1 Å². The molecule has 1 aliphatic heterocycles. The van der Waals surface area contributed by atoms with Crippen molar-refractivity contribution in [1.82, 2.24) is 10.3 Å². The molecule has 0 bridgehead atoms. The molecule has 0 radical (unpaired) electrons. The maximum absolute atomic E-state index is 13.8. The van der Waals surface area contributed by atoms with Crippen LogP contribution >= 0.6 is 0 Å². The van der Waals surface area contributed by atoms with E-state index < -0.39 is 22.5 Å². The maximum Gasteiger partial charge on any atom is 0.264 e. The highest BCUT2D eigenvalue weighted by atomic mass is 32.2. The lowest BCUT2D eigenvalue weighted by molar-refractivity contribution is -0.119. The maximum atomic E-state index is 13.8. The number of piperidine rings is 1. The molecule has 41 heavy (non-hydrogen) atoms. The summed E-state index contributed by atoms with van der Waals surface area (Å²) in [6, 6.07) is 21.1. The Labute approximate surface area is 241 Å². The predicted octanol–water partition coefficient (Wildman–Crippen LogP) is 4.07. The number of carbonyl (C=O) groups excluding carboxylic acids is 1. The number of likely N-dealkylation sites (tertiary alicyclic amines) is 1. The molecule has 1 saturated heterocycles. The van der Waals surface area contributed by atoms with E-state index in [0.29, 0.717) is 23.8 Å². The van der Waals surface area contributed by atoms with Crippen LogP contribution in [0, 0.1) is 0 Å². The average Bonchev–Trinajstić information content (AvgIpc) is 3.00. The summed E-state index contributed by atoms with van der Waals surface area (Å²) < 4.78 is 44.7. The van der Waals surface area contributed by atoms with Crippen molar-refractivity contribution in [1.29, 1.82) is 0 Å². The van der Waals surface area contributed by atoms with Crippen LogP contribution in [0.1, 0.15) is 25.3 Å². The fourth-order valence-corrected chi connectivity index (χ4v) is 5.96. The zero-order valence-electron chi connectivity index (χ0n) is 23.6. The Morgan fingerprint density at radius 3 is 2.27 bits per heavy atom. The Morgan fingerprint density at radius 2 is 1.63 bits per heavy atom. The van der Waals surface area contributed by atoms with Gasteiger partial charge in [-0.1, -0.05) is 30.3 Å². The van der Waals surface area contributed by atoms with Crippen molar-refractivity contribution < 1.29 is 27.4 Å². The fraction of sp³-hybridized carbons (Fsp3) is 0.333. The van der Waals surface area contributed by atoms with Crippen LogP contribution < -0.4 is 23.9 Å². The number of hydrogen-bond donors (Lipinski definition) is 1. The van der Waals surface area contributed by atoms with Gasteiger partial charge < -0.3 is 14.2 Å². The van der Waals surface area contributed by atoms with Crippen molar-refractivity contribution >= 4 is 27.3 Å². The summed E-state index contributed by atoms with van der Waals surface area (Å²) in [6.07, 6.45) is 1.44. The molecule has 1 aliphatic rings. The minimum absolute atomic E-state index is 0.0473. The third-order valence-electron chi connectivity index (χ3n) is 6.69. The summed E-state index contributed by atoms with van der Waals surface area (Å²) >= 11 is 0. The number of nitrogens with zero attached hydrogens (tertiary/aromatic N) is 3. The third kappa shape index (κ3) is 7.77. The first-order chi connectivity index (χ1) is 19.8. The Kier molecular flexibility index (Phi) is 10.2. The van der Waals surface area contributed by atoms with Crippen LogP contribution in [0.4, 0.5) is 5.69 Å². The Hall–Kier alpha value is -4.09. The van der Waals surface area contributed by atoms with Gasteiger partial charge >= 0.3 is 0 Å². The van der Waals surface area contributed by atoms with Gasteiger partial charge in [-0.3, -0.25) is 14.0 Å². The number of amides is 1. The van der Waals surface area contributed by atoms with E-state index in [2.05, 4.69) is 27.6 Å². The van der Waals surface area contributed by atoms with Crippen LogP contribution in [-0.2, 0) is 21.4 Å². The minimum atomic E-state index is -4.17. The van der Waals surface area contributed by atoms with E-state index in [1.165, 1.54) is 38.0 Å². The van der Waals surface area contributed by atoms with Gasteiger partial charge in [0, 0.05) is 44.3 Å². The van der Waals surface area contributed by atoms with Crippen LogP contribution in [0.15, 0.2) is 82.8 Å². The number of carbonyl (C=O) groups is 1. The summed E-state index contributed by atoms with van der Waals surface area (Å²) in [5.41, 5.74) is 5.00. The molecule has 0 aromatic heterocycles. The number of rotatable bonds is 12. The van der Waals surface area contributed by atoms with E-state index in [4.69, 9.17) is 14.2 Å². The first-order valence-corrected chi connectivity index (χ1v) is 14.9. The zero-order chi connectivity index (χ0) is 29.2. The summed E-state index contributed by atoms with van der Waals surface area (Å²) in [4.78, 5) is 15.3. The second kappa shape index (κ2) is 14.0. The van der Waals surface area contributed by atoms with Gasteiger partial charge in [0.2, 0.25) is 0 Å². The molecule has 3 aromatic rings. The molecule has 1 amide bonds. The predicted molar refractivity (Wildman–Crippen MR) is 158 cm³/mol. The number of sulfonamides is 1. The van der Waals surface area contributed by atoms with Crippen LogP contribution in [0.3, 0.4) is 0 Å². The van der Waals surface area contributed by atoms with E-state index in [9.17, 15) is 13.2 Å². The topological polar surface area (TPSA) is 110 Å². The number of benzene rings is 3. The summed E-state index contributed by atoms with van der Waals surface area (Å²) in [5.74, 6) is 0.688. The summed E-state index contributed by atoms with van der Waals surface area (Å²) in [7, 11) is -1.27. The Morgan fingerprint density at radius 1 is 0.951 bits per heavy atom. The van der Waals surface area contributed by atoms with Gasteiger partial charge in [0.15, 0.2) is 11.5 Å². The molecule has 0 spiro atoms. The van der Waals surface area contributed by atoms with Gasteiger partial charge in [-0.25, -0.2) is 13.8 Å². The smallest absolute Gasteiger partial charge is 0.264 e. The number of anilines is 1. The summed E-state index contributed by atoms with van der Waals surface area (Å²) in [5, 5.41) is 4.33. The fourth-order valence-electron chi connectivity index (χ4n) is 4.52. The van der Waals surface area contributed by atoms with Gasteiger partial charge in [0.1, 0.15) is 12.3 Å². The number of ether oxygens (including phenoxy) is 3. The zero-order valence-corrected chi connectivity index (χ0v) is 24.4. The number of hydrazone groups is 1. The molecule has 11 heteroatoms. The van der Waals surface area contributed by atoms with Crippen molar-refractivity contribution in [2.75, 3.05) is 44.8 Å². The lowest BCUT2D eigenvalue weighted by Crippen LogP contribution is -2.40. The average molecular weight is 581 g/mol. The summed E-state index contributed by atoms with van der Waals surface area (Å²) in [6.45, 7) is 4.39. The minimum Gasteiger partial charge on any atom is -0.494 e. The lowest BCUT2D eigenvalue weighted by atomic mass is 10.1. The van der Waals surface area contributed by atoms with Crippen molar-refractivity contribution in [2.45, 2.75) is 31.2 Å². The molecule has 10 nitrogen and oxygen atoms in total. The van der Waals surface area contributed by atoms with Crippen molar-refractivity contribution in [3.8, 4) is 17.2 Å². The van der Waals surface area contributed by atoms with Crippen LogP contribution in [-0.4, -0.2) is 65.4 Å². The highest BCUT2D eigenvalue weighted by molar-refractivity contribution is 7.92. The normalized spacial score (nSPS) is 13.8. The Balaban J connectivity index is 1.48. The van der Waals surface area contributed by atoms with Gasteiger partial charge in [-0.2, -0.15) is 5.10 Å². The first kappa shape index (κ1) is 29.9. The third-order valence-corrected chi connectivity index (χ3v) is 8.46. The number of methoxy groups -OCH3 is 2. The monoisotopic (exact) mass is 580 g/mol. The SMILES string of the molecule is CCOc1ccc(N(CC(=O)NN=C2CCN(Cc3ccccc3)CC2)S(=O)(=O)c2ccc(OC)c(OC)c2)cc1. The molecule has 218 valence electrons. The van der Waals surface area contributed by atoms with Gasteiger partial charge in [0.05, 0.1) is 31.4 Å². The molecule has 0 unspecified atom stereocenters. The van der Waals surface area contributed by atoms with E-state index >= 15 is 0 Å². The van der Waals surface area contributed by atoms with Gasteiger partial charge in [-0.05, 0) is 48.9 Å². The molecule has 0 aliphatic carbocycles. The van der Waals surface area contributed by atoms with Gasteiger partial charge in [0.25, 0.3) is 15.9 Å². The standard InChI is InChI=1S/C30H36N4O6S/c1-4-40-26-12-10-25(11-13-26)34(41(36,37)27-14-15-28(38-2)29(20-27)39-3)22-30(35)32-31-24-16-18-33(19-17-24)21-23-8-6-5-7-9-23/h5-15,20H,4,16-19,21-22H2,1-3H3,(H,32,35). The largest absolute Gasteiger partial charge is 0.494 e. The second-order valence-corrected chi connectivity index (χ2v) is 11.3. The molecule has 1 heterocycles. The van der Waals surface area contributed by atoms with E-state index in [0.717, 1.165) is 42.5 Å². The molecule has 4 rings (SSSR count). The highest BCUT2D eigenvalue weighted by Crippen LogP contribution is 2.32. The number of nitrogens with one attached hydrogen (secondary N) is 1. The van der Waals surface area contributed by atoms with Crippen molar-refractivity contribution in [3.05, 3.63) is 78.4 Å². The van der Waals surface area contributed by atoms with Crippen LogP contribution in [0.2, 0.25) is 0 Å². The van der Waals surface area contributed by atoms with Crippen LogP contribution in [0.25, 0.3) is 0 Å². The molecular formula is C30H36N4O6S. The molecule has 0 atom stereocenters.